The van der Waals surface area contributed by atoms with Gasteiger partial charge in [-0.3, -0.25) is 0 Å². The van der Waals surface area contributed by atoms with Crippen molar-refractivity contribution in [3.05, 3.63) is 24.5 Å². The molecule has 0 radical (unpaired) electrons. The smallest absolute Gasteiger partial charge is 0.418 e. The molecule has 2 nitrogen and oxygen atoms in total. The number of hydrogen-bond donors (Lipinski definition) is 1. The van der Waals surface area contributed by atoms with Gasteiger partial charge in [-0.1, -0.05) is 20.3 Å². The number of nitrogen functional groups attached to an aromatic ring is 1. The number of anilines is 1. The van der Waals surface area contributed by atoms with Gasteiger partial charge < -0.3 is 23.0 Å². The highest BCUT2D eigenvalue weighted by molar-refractivity contribution is 6.50. The van der Waals surface area contributed by atoms with E-state index in [1.807, 2.05) is 0 Å². The van der Waals surface area contributed by atoms with Crippen LogP contribution in [-0.4, -0.2) is 7.25 Å². The summed E-state index contributed by atoms with van der Waals surface area (Å²) in [6, 6.07) is 3.61. The van der Waals surface area contributed by atoms with Crippen molar-refractivity contribution >= 4 is 12.9 Å². The van der Waals surface area contributed by atoms with Crippen molar-refractivity contribution in [2.45, 2.75) is 20.3 Å². The molecule has 0 aliphatic carbocycles. The highest BCUT2D eigenvalue weighted by Crippen LogP contribution is 2.06. The Labute approximate surface area is 86.6 Å². The SMILES string of the molecule is CCC.F[B-](F)(F)F.Nc1cc[nH+]cc1. The van der Waals surface area contributed by atoms with E-state index in [9.17, 15) is 17.3 Å². The van der Waals surface area contributed by atoms with Gasteiger partial charge in [0.05, 0.1) is 0 Å². The average Bonchev–Trinajstić information content (AvgIpc) is 2.03. The summed E-state index contributed by atoms with van der Waals surface area (Å²) >= 11 is 0. The van der Waals surface area contributed by atoms with Crippen LogP contribution >= 0.6 is 0 Å². The van der Waals surface area contributed by atoms with Gasteiger partial charge in [0.2, 0.25) is 0 Å². The lowest BCUT2D eigenvalue weighted by Gasteiger charge is -1.94. The number of rotatable bonds is 0. The van der Waals surface area contributed by atoms with Gasteiger partial charge in [-0.15, -0.1) is 0 Å². The van der Waals surface area contributed by atoms with Crippen LogP contribution in [0.15, 0.2) is 24.5 Å². The summed E-state index contributed by atoms with van der Waals surface area (Å²) in [7, 11) is -6.00. The Bertz CT molecular complexity index is 222. The van der Waals surface area contributed by atoms with E-state index in [1.165, 1.54) is 6.42 Å². The molecule has 0 amide bonds. The zero-order chi connectivity index (χ0) is 12.3. The molecule has 0 saturated carbocycles. The molecule has 0 fully saturated rings. The predicted octanol–water partition coefficient (Wildman–Crippen LogP) is 2.80. The van der Waals surface area contributed by atoms with E-state index in [0.29, 0.717) is 0 Å². The Morgan fingerprint density at radius 2 is 1.40 bits per heavy atom. The van der Waals surface area contributed by atoms with Gasteiger partial charge in [0.15, 0.2) is 12.4 Å². The van der Waals surface area contributed by atoms with Gasteiger partial charge in [-0.25, -0.2) is 4.98 Å². The molecule has 7 heteroatoms. The van der Waals surface area contributed by atoms with E-state index in [1.54, 1.807) is 24.5 Å². The number of nitrogens with two attached hydrogens (primary N) is 1. The third-order valence-electron chi connectivity index (χ3n) is 0.744. The number of aromatic nitrogens is 1. The molecule has 0 atom stereocenters. The van der Waals surface area contributed by atoms with E-state index in [2.05, 4.69) is 18.8 Å². The van der Waals surface area contributed by atoms with Crippen LogP contribution in [0.1, 0.15) is 20.3 Å². The van der Waals surface area contributed by atoms with Crippen LogP contribution < -0.4 is 10.7 Å². The molecular weight excluding hydrogens is 211 g/mol. The maximum atomic E-state index is 9.75. The van der Waals surface area contributed by atoms with Gasteiger partial charge in [-0.2, -0.15) is 0 Å². The van der Waals surface area contributed by atoms with Crippen LogP contribution in [0, 0.1) is 0 Å². The first kappa shape index (κ1) is 16.2. The number of hydrogen-bond acceptors (Lipinski definition) is 1. The second-order valence-corrected chi connectivity index (χ2v) is 2.54. The quantitative estimate of drug-likeness (QED) is 0.536. The second-order valence-electron chi connectivity index (χ2n) is 2.54. The molecule has 88 valence electrons. The summed E-state index contributed by atoms with van der Waals surface area (Å²) < 4.78 is 39.0. The molecule has 1 heterocycles. The normalized spacial score (nSPS) is 9.20. The first-order valence-electron chi connectivity index (χ1n) is 4.40. The number of pyridine rings is 1. The monoisotopic (exact) mass is 226 g/mol. The van der Waals surface area contributed by atoms with Crippen molar-refractivity contribution in [2.24, 2.45) is 0 Å². The minimum Gasteiger partial charge on any atom is -0.418 e. The molecular formula is C8H15BF4N2. The van der Waals surface area contributed by atoms with Gasteiger partial charge in [0.1, 0.15) is 0 Å². The highest BCUT2D eigenvalue weighted by atomic mass is 19.5. The lowest BCUT2D eigenvalue weighted by atomic mass is 10.3. The third kappa shape index (κ3) is 32.4. The van der Waals surface area contributed by atoms with E-state index >= 15 is 0 Å². The number of H-pyrrole nitrogens is 1. The van der Waals surface area contributed by atoms with Crippen molar-refractivity contribution in [1.82, 2.24) is 0 Å². The Morgan fingerprint density at radius 3 is 1.53 bits per heavy atom. The summed E-state index contributed by atoms with van der Waals surface area (Å²) in [4.78, 5) is 2.85. The molecule has 0 spiro atoms. The Kier molecular flexibility index (Phi) is 10.0. The second kappa shape index (κ2) is 9.30. The van der Waals surface area contributed by atoms with E-state index in [0.717, 1.165) is 5.69 Å². The highest BCUT2D eigenvalue weighted by Gasteiger charge is 2.20. The zero-order valence-electron chi connectivity index (χ0n) is 8.68. The molecule has 1 aromatic rings. The van der Waals surface area contributed by atoms with Gasteiger partial charge in [0.25, 0.3) is 0 Å². The fourth-order valence-corrected chi connectivity index (χ4v) is 0.400. The molecule has 0 aliphatic heterocycles. The van der Waals surface area contributed by atoms with E-state index < -0.39 is 7.25 Å². The minimum atomic E-state index is -6.00. The molecule has 0 aliphatic rings. The van der Waals surface area contributed by atoms with E-state index in [-0.39, 0.29) is 0 Å². The molecule has 15 heavy (non-hydrogen) atoms. The first-order chi connectivity index (χ1) is 6.81. The maximum absolute atomic E-state index is 9.75. The Balaban J connectivity index is 0. The molecule has 0 saturated heterocycles. The van der Waals surface area contributed by atoms with Crippen LogP contribution in [0.2, 0.25) is 0 Å². The summed E-state index contributed by atoms with van der Waals surface area (Å²) in [5.41, 5.74) is 6.13. The van der Waals surface area contributed by atoms with Gasteiger partial charge in [-0.05, 0) is 0 Å². The molecule has 0 bridgehead atoms. The fraction of sp³-hybridized carbons (Fsp3) is 0.375. The molecule has 1 rings (SSSR count). The lowest BCUT2D eigenvalue weighted by Crippen LogP contribution is -2.02. The Morgan fingerprint density at radius 1 is 1.13 bits per heavy atom. The van der Waals surface area contributed by atoms with Crippen molar-refractivity contribution in [1.29, 1.82) is 0 Å². The lowest BCUT2D eigenvalue weighted by molar-refractivity contribution is -0.377. The van der Waals surface area contributed by atoms with Gasteiger partial charge in [0, 0.05) is 17.8 Å². The average molecular weight is 226 g/mol. The molecule has 3 N–H and O–H groups in total. The number of aromatic amines is 1. The summed E-state index contributed by atoms with van der Waals surface area (Å²) in [5.74, 6) is 0. The summed E-state index contributed by atoms with van der Waals surface area (Å²) in [5, 5.41) is 0. The standard InChI is InChI=1S/C5H6N2.C3H8.BF4/c6-5-1-3-7-4-2-5;1-3-2;2-1(3,4)5/h1-4H,(H2,6,7);3H2,1-2H3;/q;;-1/p+1. The van der Waals surface area contributed by atoms with Crippen LogP contribution in [0.5, 0.6) is 0 Å². The van der Waals surface area contributed by atoms with Crippen molar-refractivity contribution in [2.75, 3.05) is 5.73 Å². The first-order valence-corrected chi connectivity index (χ1v) is 4.40. The minimum absolute atomic E-state index is 0.791. The Hall–Kier alpha value is -1.27. The summed E-state index contributed by atoms with van der Waals surface area (Å²) in [6.45, 7) is 4.25. The van der Waals surface area contributed by atoms with Crippen molar-refractivity contribution < 1.29 is 22.2 Å². The van der Waals surface area contributed by atoms with Crippen LogP contribution in [0.25, 0.3) is 0 Å². The zero-order valence-corrected chi connectivity index (χ0v) is 8.68. The third-order valence-corrected chi connectivity index (χ3v) is 0.744. The van der Waals surface area contributed by atoms with Crippen molar-refractivity contribution in [3.63, 3.8) is 0 Å². The van der Waals surface area contributed by atoms with Crippen LogP contribution in [-0.2, 0) is 0 Å². The number of halogens is 4. The number of nitrogens with one attached hydrogen (secondary N) is 1. The largest absolute Gasteiger partial charge is 0.673 e. The molecule has 0 unspecified atom stereocenters. The fourth-order valence-electron chi connectivity index (χ4n) is 0.400. The topological polar surface area (TPSA) is 40.2 Å². The van der Waals surface area contributed by atoms with Crippen LogP contribution in [0.4, 0.5) is 23.0 Å². The van der Waals surface area contributed by atoms with E-state index in [4.69, 9.17) is 5.73 Å². The predicted molar refractivity (Wildman–Crippen MR) is 53.6 cm³/mol. The molecule has 0 aromatic carbocycles. The van der Waals surface area contributed by atoms with Crippen molar-refractivity contribution in [3.8, 4) is 0 Å². The summed E-state index contributed by atoms with van der Waals surface area (Å²) in [6.07, 6.45) is 4.82. The maximum Gasteiger partial charge on any atom is 0.673 e. The van der Waals surface area contributed by atoms with Gasteiger partial charge >= 0.3 is 7.25 Å². The van der Waals surface area contributed by atoms with Crippen LogP contribution in [0.3, 0.4) is 0 Å². The molecule has 1 aromatic heterocycles.